The van der Waals surface area contributed by atoms with E-state index in [9.17, 15) is 4.79 Å². The maximum absolute atomic E-state index is 11.6. The number of carbonyl (C=O) groups is 1. The summed E-state index contributed by atoms with van der Waals surface area (Å²) in [6.07, 6.45) is 1.39. The summed E-state index contributed by atoms with van der Waals surface area (Å²) in [5, 5.41) is 2.90. The van der Waals surface area contributed by atoms with Gasteiger partial charge in [-0.1, -0.05) is 0 Å². The van der Waals surface area contributed by atoms with Gasteiger partial charge in [0.1, 0.15) is 5.75 Å². The van der Waals surface area contributed by atoms with E-state index in [1.807, 2.05) is 0 Å². The van der Waals surface area contributed by atoms with Crippen molar-refractivity contribution in [1.82, 2.24) is 5.32 Å². The van der Waals surface area contributed by atoms with Crippen LogP contribution in [-0.4, -0.2) is 32.3 Å². The molecule has 1 atom stereocenters. The quantitative estimate of drug-likeness (QED) is 0.757. The average molecular weight is 264 g/mol. The predicted octanol–water partition coefficient (Wildman–Crippen LogP) is 1.19. The van der Waals surface area contributed by atoms with Gasteiger partial charge >= 0.3 is 0 Å². The molecule has 1 fully saturated rings. The van der Waals surface area contributed by atoms with E-state index in [0.29, 0.717) is 31.2 Å². The van der Waals surface area contributed by atoms with E-state index in [4.69, 9.17) is 15.2 Å². The van der Waals surface area contributed by atoms with Crippen molar-refractivity contribution in [2.24, 2.45) is 5.92 Å². The Kier molecular flexibility index (Phi) is 5.03. The second-order valence-corrected chi connectivity index (χ2v) is 4.70. The molecule has 104 valence electrons. The van der Waals surface area contributed by atoms with Gasteiger partial charge in [-0.05, 0) is 30.7 Å². The van der Waals surface area contributed by atoms with Crippen LogP contribution < -0.4 is 15.8 Å². The van der Waals surface area contributed by atoms with Crippen molar-refractivity contribution in [3.05, 3.63) is 24.3 Å². The van der Waals surface area contributed by atoms with Crippen molar-refractivity contribution in [2.45, 2.75) is 12.8 Å². The Labute approximate surface area is 113 Å². The van der Waals surface area contributed by atoms with Gasteiger partial charge in [-0.2, -0.15) is 0 Å². The van der Waals surface area contributed by atoms with E-state index >= 15 is 0 Å². The van der Waals surface area contributed by atoms with Gasteiger partial charge in [0.25, 0.3) is 0 Å². The van der Waals surface area contributed by atoms with Crippen LogP contribution in [0.4, 0.5) is 5.69 Å². The van der Waals surface area contributed by atoms with Gasteiger partial charge in [-0.3, -0.25) is 4.79 Å². The standard InChI is InChI=1S/C14H20N2O3/c15-12-1-3-13(4-2-12)19-8-6-14(17)16-9-11-5-7-18-10-11/h1-4,11H,5-10,15H2,(H,16,17). The normalized spacial score (nSPS) is 18.2. The van der Waals surface area contributed by atoms with E-state index in [0.717, 1.165) is 25.4 Å². The first-order valence-electron chi connectivity index (χ1n) is 6.57. The van der Waals surface area contributed by atoms with Crippen LogP contribution in [0.1, 0.15) is 12.8 Å². The van der Waals surface area contributed by atoms with E-state index < -0.39 is 0 Å². The second kappa shape index (κ2) is 6.99. The molecule has 0 saturated carbocycles. The van der Waals surface area contributed by atoms with Crippen LogP contribution in [0.2, 0.25) is 0 Å². The van der Waals surface area contributed by atoms with Gasteiger partial charge < -0.3 is 20.5 Å². The molecule has 1 aromatic rings. The molecule has 1 heterocycles. The summed E-state index contributed by atoms with van der Waals surface area (Å²) < 4.78 is 10.7. The first-order chi connectivity index (χ1) is 9.24. The number of rotatable bonds is 6. The average Bonchev–Trinajstić information content (AvgIpc) is 2.92. The number of benzene rings is 1. The Hall–Kier alpha value is -1.75. The molecule has 2 rings (SSSR count). The number of anilines is 1. The summed E-state index contributed by atoms with van der Waals surface area (Å²) >= 11 is 0. The minimum absolute atomic E-state index is 0.0161. The molecule has 1 unspecified atom stereocenters. The third-order valence-corrected chi connectivity index (χ3v) is 3.09. The Morgan fingerprint density at radius 3 is 2.89 bits per heavy atom. The van der Waals surface area contributed by atoms with Gasteiger partial charge in [0.2, 0.25) is 5.91 Å². The Morgan fingerprint density at radius 2 is 2.21 bits per heavy atom. The van der Waals surface area contributed by atoms with E-state index in [1.54, 1.807) is 24.3 Å². The van der Waals surface area contributed by atoms with E-state index in [-0.39, 0.29) is 5.91 Å². The lowest BCUT2D eigenvalue weighted by molar-refractivity contribution is -0.121. The first kappa shape index (κ1) is 13.7. The van der Waals surface area contributed by atoms with E-state index in [1.165, 1.54) is 0 Å². The molecule has 0 aliphatic carbocycles. The fourth-order valence-corrected chi connectivity index (χ4v) is 1.92. The minimum atomic E-state index is 0.0161. The molecule has 19 heavy (non-hydrogen) atoms. The van der Waals surface area contributed by atoms with E-state index in [2.05, 4.69) is 5.32 Å². The summed E-state index contributed by atoms with van der Waals surface area (Å²) in [6.45, 7) is 2.63. The van der Waals surface area contributed by atoms with Gasteiger partial charge in [-0.25, -0.2) is 0 Å². The number of hydrogen-bond acceptors (Lipinski definition) is 4. The molecule has 1 aromatic carbocycles. The highest BCUT2D eigenvalue weighted by atomic mass is 16.5. The third kappa shape index (κ3) is 4.79. The van der Waals surface area contributed by atoms with Crippen LogP contribution in [0.25, 0.3) is 0 Å². The molecule has 5 heteroatoms. The SMILES string of the molecule is Nc1ccc(OCCC(=O)NCC2CCOC2)cc1. The van der Waals surface area contributed by atoms with Crippen LogP contribution in [-0.2, 0) is 9.53 Å². The largest absolute Gasteiger partial charge is 0.493 e. The highest BCUT2D eigenvalue weighted by molar-refractivity contribution is 5.75. The van der Waals surface area contributed by atoms with Gasteiger partial charge in [0.15, 0.2) is 0 Å². The number of nitrogen functional groups attached to an aromatic ring is 1. The van der Waals surface area contributed by atoms with Crippen LogP contribution >= 0.6 is 0 Å². The molecule has 3 N–H and O–H groups in total. The molecule has 0 radical (unpaired) electrons. The zero-order valence-electron chi connectivity index (χ0n) is 10.9. The lowest BCUT2D eigenvalue weighted by atomic mass is 10.1. The third-order valence-electron chi connectivity index (χ3n) is 3.09. The summed E-state index contributed by atoms with van der Waals surface area (Å²) in [6, 6.07) is 7.14. The Morgan fingerprint density at radius 1 is 1.42 bits per heavy atom. The van der Waals surface area contributed by atoms with Crippen LogP contribution in [0.15, 0.2) is 24.3 Å². The molecule has 5 nitrogen and oxygen atoms in total. The van der Waals surface area contributed by atoms with Gasteiger partial charge in [0, 0.05) is 24.8 Å². The molecule has 1 saturated heterocycles. The zero-order valence-corrected chi connectivity index (χ0v) is 10.9. The van der Waals surface area contributed by atoms with Gasteiger partial charge in [-0.15, -0.1) is 0 Å². The van der Waals surface area contributed by atoms with Crippen LogP contribution in [0.3, 0.4) is 0 Å². The van der Waals surface area contributed by atoms with Gasteiger partial charge in [0.05, 0.1) is 19.6 Å². The molecule has 1 amide bonds. The monoisotopic (exact) mass is 264 g/mol. The fraction of sp³-hybridized carbons (Fsp3) is 0.500. The Balaban J connectivity index is 1.59. The highest BCUT2D eigenvalue weighted by Gasteiger charge is 2.16. The van der Waals surface area contributed by atoms with Crippen molar-refractivity contribution < 1.29 is 14.3 Å². The molecule has 1 aliphatic heterocycles. The lowest BCUT2D eigenvalue weighted by Gasteiger charge is -2.10. The van der Waals surface area contributed by atoms with Crippen LogP contribution in [0, 0.1) is 5.92 Å². The molecular weight excluding hydrogens is 244 g/mol. The summed E-state index contributed by atoms with van der Waals surface area (Å²) in [5.74, 6) is 1.20. The molecule has 0 aromatic heterocycles. The zero-order chi connectivity index (χ0) is 13.5. The minimum Gasteiger partial charge on any atom is -0.493 e. The maximum Gasteiger partial charge on any atom is 0.223 e. The smallest absolute Gasteiger partial charge is 0.223 e. The number of hydrogen-bond donors (Lipinski definition) is 2. The summed E-state index contributed by atoms with van der Waals surface area (Å²) in [7, 11) is 0. The van der Waals surface area contributed by atoms with Crippen molar-refractivity contribution in [3.8, 4) is 5.75 Å². The predicted molar refractivity (Wildman–Crippen MR) is 72.9 cm³/mol. The molecular formula is C14H20N2O3. The molecule has 0 bridgehead atoms. The van der Waals surface area contributed by atoms with Crippen LogP contribution in [0.5, 0.6) is 5.75 Å². The number of nitrogens with two attached hydrogens (primary N) is 1. The number of carbonyl (C=O) groups excluding carboxylic acids is 1. The Bertz CT molecular complexity index is 400. The van der Waals surface area contributed by atoms with Crippen molar-refractivity contribution in [1.29, 1.82) is 0 Å². The van der Waals surface area contributed by atoms with Crippen molar-refractivity contribution in [3.63, 3.8) is 0 Å². The summed E-state index contributed by atoms with van der Waals surface area (Å²) in [5.41, 5.74) is 6.27. The first-order valence-corrected chi connectivity index (χ1v) is 6.57. The number of amides is 1. The van der Waals surface area contributed by atoms with Crippen molar-refractivity contribution in [2.75, 3.05) is 32.1 Å². The topological polar surface area (TPSA) is 73.6 Å². The number of nitrogens with one attached hydrogen (secondary N) is 1. The van der Waals surface area contributed by atoms with Crippen molar-refractivity contribution >= 4 is 11.6 Å². The second-order valence-electron chi connectivity index (χ2n) is 4.70. The fourth-order valence-electron chi connectivity index (χ4n) is 1.92. The molecule has 1 aliphatic rings. The summed E-state index contributed by atoms with van der Waals surface area (Å²) in [4.78, 5) is 11.6. The molecule has 0 spiro atoms. The maximum atomic E-state index is 11.6. The number of ether oxygens (including phenoxy) is 2. The lowest BCUT2D eigenvalue weighted by Crippen LogP contribution is -2.30. The highest BCUT2D eigenvalue weighted by Crippen LogP contribution is 2.13.